The minimum atomic E-state index is 0.600. The maximum absolute atomic E-state index is 6.29. The number of benzene rings is 6. The summed E-state index contributed by atoms with van der Waals surface area (Å²) in [5, 5.41) is 4.69. The van der Waals surface area contributed by atoms with Crippen LogP contribution in [0.25, 0.3) is 55.2 Å². The summed E-state index contributed by atoms with van der Waals surface area (Å²) in [6, 6.07) is 50.4. The van der Waals surface area contributed by atoms with E-state index in [1.807, 2.05) is 48.7 Å². The molecular formula is C40H25N5O. The molecule has 6 nitrogen and oxygen atoms in total. The van der Waals surface area contributed by atoms with Crippen LogP contribution < -0.4 is 9.64 Å². The van der Waals surface area contributed by atoms with E-state index in [0.717, 1.165) is 67.2 Å². The van der Waals surface area contributed by atoms with Gasteiger partial charge in [-0.05, 0) is 54.6 Å². The van der Waals surface area contributed by atoms with E-state index in [-0.39, 0.29) is 0 Å². The molecule has 0 N–H and O–H groups in total. The highest BCUT2D eigenvalue weighted by atomic mass is 16.5. The summed E-state index contributed by atoms with van der Waals surface area (Å²) in [5.74, 6) is 2.93. The van der Waals surface area contributed by atoms with Crippen LogP contribution in [0.3, 0.4) is 0 Å². The Morgan fingerprint density at radius 3 is 1.67 bits per heavy atom. The molecule has 4 heterocycles. The number of fused-ring (bicyclic) bond motifs is 9. The normalized spacial score (nSPS) is 12.5. The largest absolute Gasteiger partial charge is 0.453 e. The van der Waals surface area contributed by atoms with Crippen LogP contribution >= 0.6 is 0 Å². The van der Waals surface area contributed by atoms with Crippen LogP contribution in [0, 0.1) is 0 Å². The van der Waals surface area contributed by atoms with E-state index in [4.69, 9.17) is 14.7 Å². The molecule has 0 fully saturated rings. The Balaban J connectivity index is 1.31. The number of anilines is 3. The minimum Gasteiger partial charge on any atom is -0.453 e. The maximum Gasteiger partial charge on any atom is 0.236 e. The first-order valence-electron chi connectivity index (χ1n) is 15.4. The van der Waals surface area contributed by atoms with Crippen LogP contribution in [0.2, 0.25) is 0 Å². The summed E-state index contributed by atoms with van der Waals surface area (Å²) in [4.78, 5) is 12.4. The number of aromatic nitrogens is 4. The molecule has 0 radical (unpaired) electrons. The van der Waals surface area contributed by atoms with Gasteiger partial charge in [0.2, 0.25) is 5.95 Å². The zero-order chi connectivity index (χ0) is 30.2. The summed E-state index contributed by atoms with van der Waals surface area (Å²) < 4.78 is 10.9. The molecule has 1 aliphatic heterocycles. The van der Waals surface area contributed by atoms with E-state index < -0.39 is 0 Å². The number of nitrogens with zero attached hydrogens (tertiary/aromatic N) is 5. The Morgan fingerprint density at radius 1 is 0.457 bits per heavy atom. The third-order valence-corrected chi connectivity index (χ3v) is 8.97. The summed E-state index contributed by atoms with van der Waals surface area (Å²) in [6.45, 7) is 0. The van der Waals surface area contributed by atoms with Gasteiger partial charge in [0.15, 0.2) is 11.5 Å². The van der Waals surface area contributed by atoms with Crippen LogP contribution in [-0.2, 0) is 0 Å². The van der Waals surface area contributed by atoms with E-state index in [1.165, 1.54) is 10.8 Å². The Bertz CT molecular complexity index is 2590. The van der Waals surface area contributed by atoms with Gasteiger partial charge in [-0.1, -0.05) is 91.0 Å². The molecule has 9 aromatic rings. The molecule has 0 spiro atoms. The average Bonchev–Trinajstić information content (AvgIpc) is 3.64. The molecule has 3 aromatic heterocycles. The molecule has 0 atom stereocenters. The Kier molecular flexibility index (Phi) is 5.19. The van der Waals surface area contributed by atoms with Crippen molar-refractivity contribution < 1.29 is 4.74 Å². The fraction of sp³-hybridized carbons (Fsp3) is 0. The first kappa shape index (κ1) is 25.0. The van der Waals surface area contributed by atoms with Crippen molar-refractivity contribution in [2.75, 3.05) is 4.90 Å². The lowest BCUT2D eigenvalue weighted by Gasteiger charge is -2.31. The summed E-state index contributed by atoms with van der Waals surface area (Å²) in [6.07, 6.45) is 1.85. The molecule has 6 heteroatoms. The summed E-state index contributed by atoms with van der Waals surface area (Å²) in [5.41, 5.74) is 7.36. The highest BCUT2D eigenvalue weighted by molar-refractivity contribution is 6.23. The van der Waals surface area contributed by atoms with Crippen molar-refractivity contribution in [2.24, 2.45) is 0 Å². The van der Waals surface area contributed by atoms with E-state index in [0.29, 0.717) is 5.95 Å². The van der Waals surface area contributed by atoms with E-state index in [2.05, 4.69) is 117 Å². The first-order valence-corrected chi connectivity index (χ1v) is 15.4. The molecule has 0 unspecified atom stereocenters. The van der Waals surface area contributed by atoms with Crippen molar-refractivity contribution in [1.82, 2.24) is 19.1 Å². The summed E-state index contributed by atoms with van der Waals surface area (Å²) >= 11 is 0. The third-order valence-electron chi connectivity index (χ3n) is 8.97. The zero-order valence-corrected chi connectivity index (χ0v) is 24.6. The second-order valence-corrected chi connectivity index (χ2v) is 11.5. The standard InChI is InChI=1S/C40H25N5O/c1-2-12-26(13-3-1)43-31-16-6-4-14-27(31)29-22-23-30-28-15-5-7-17-32(28)45(39(30)38(29)43)40-41-25-24-37(42-40)44-33-18-8-10-20-35(33)46-36-21-11-9-19-34(36)44/h1-25H. The van der Waals surface area contributed by atoms with E-state index in [9.17, 15) is 0 Å². The van der Waals surface area contributed by atoms with Gasteiger partial charge in [0, 0.05) is 33.4 Å². The zero-order valence-electron chi connectivity index (χ0n) is 24.6. The quantitative estimate of drug-likeness (QED) is 0.205. The lowest BCUT2D eigenvalue weighted by Crippen LogP contribution is -2.17. The predicted molar refractivity (Wildman–Crippen MR) is 185 cm³/mol. The van der Waals surface area contributed by atoms with Gasteiger partial charge in [-0.3, -0.25) is 9.47 Å². The van der Waals surface area contributed by atoms with Crippen LogP contribution in [0.4, 0.5) is 17.2 Å². The van der Waals surface area contributed by atoms with Crippen LogP contribution in [0.15, 0.2) is 152 Å². The molecule has 0 saturated heterocycles. The van der Waals surface area contributed by atoms with Crippen molar-refractivity contribution in [3.05, 3.63) is 152 Å². The van der Waals surface area contributed by atoms with Crippen LogP contribution in [0.1, 0.15) is 0 Å². The van der Waals surface area contributed by atoms with E-state index in [1.54, 1.807) is 0 Å². The predicted octanol–water partition coefficient (Wildman–Crippen LogP) is 10.2. The monoisotopic (exact) mass is 591 g/mol. The average molecular weight is 592 g/mol. The second-order valence-electron chi connectivity index (χ2n) is 11.5. The van der Waals surface area contributed by atoms with Crippen molar-refractivity contribution in [3.63, 3.8) is 0 Å². The Hall–Kier alpha value is -6.40. The van der Waals surface area contributed by atoms with Gasteiger partial charge in [-0.15, -0.1) is 0 Å². The minimum absolute atomic E-state index is 0.600. The van der Waals surface area contributed by atoms with Gasteiger partial charge in [0.05, 0.1) is 33.4 Å². The van der Waals surface area contributed by atoms with Crippen molar-refractivity contribution >= 4 is 60.8 Å². The number of hydrogen-bond donors (Lipinski definition) is 0. The maximum atomic E-state index is 6.29. The number of rotatable bonds is 3. The second kappa shape index (κ2) is 9.55. The highest BCUT2D eigenvalue weighted by Crippen LogP contribution is 2.50. The van der Waals surface area contributed by atoms with Gasteiger partial charge in [0.1, 0.15) is 5.82 Å². The van der Waals surface area contributed by atoms with Crippen LogP contribution in [0.5, 0.6) is 11.5 Å². The smallest absolute Gasteiger partial charge is 0.236 e. The third kappa shape index (κ3) is 3.46. The van der Waals surface area contributed by atoms with Crippen molar-refractivity contribution in [1.29, 1.82) is 0 Å². The van der Waals surface area contributed by atoms with Gasteiger partial charge in [-0.2, -0.15) is 4.98 Å². The molecule has 0 saturated carbocycles. The fourth-order valence-corrected chi connectivity index (χ4v) is 7.08. The molecule has 1 aliphatic rings. The molecule has 216 valence electrons. The molecule has 0 bridgehead atoms. The van der Waals surface area contributed by atoms with Gasteiger partial charge in [0.25, 0.3) is 0 Å². The van der Waals surface area contributed by atoms with Crippen molar-refractivity contribution in [2.45, 2.75) is 0 Å². The van der Waals surface area contributed by atoms with Crippen LogP contribution in [-0.4, -0.2) is 19.1 Å². The molecule has 0 amide bonds. The fourth-order valence-electron chi connectivity index (χ4n) is 7.08. The molecule has 46 heavy (non-hydrogen) atoms. The Labute approximate surface area is 264 Å². The lowest BCUT2D eigenvalue weighted by molar-refractivity contribution is 0.476. The van der Waals surface area contributed by atoms with Crippen molar-refractivity contribution in [3.8, 4) is 23.1 Å². The molecular weight excluding hydrogens is 566 g/mol. The van der Waals surface area contributed by atoms with Gasteiger partial charge < -0.3 is 9.30 Å². The Morgan fingerprint density at radius 2 is 1.00 bits per heavy atom. The first-order chi connectivity index (χ1) is 22.8. The van der Waals surface area contributed by atoms with Gasteiger partial charge >= 0.3 is 0 Å². The number of para-hydroxylation sites is 7. The van der Waals surface area contributed by atoms with E-state index >= 15 is 0 Å². The van der Waals surface area contributed by atoms with Gasteiger partial charge in [-0.25, -0.2) is 4.98 Å². The SMILES string of the molecule is c1ccc(-n2c3ccccc3c3ccc4c5ccccc5n(-c5nccc(N6c7ccccc7Oc7ccccc76)n5)c4c32)cc1. The molecule has 10 rings (SSSR count). The number of hydrogen-bond acceptors (Lipinski definition) is 4. The molecule has 6 aromatic carbocycles. The number of ether oxygens (including phenoxy) is 1. The highest BCUT2D eigenvalue weighted by Gasteiger charge is 2.27. The molecule has 0 aliphatic carbocycles. The topological polar surface area (TPSA) is 48.1 Å². The lowest BCUT2D eigenvalue weighted by atomic mass is 10.1. The summed E-state index contributed by atoms with van der Waals surface area (Å²) in [7, 11) is 0.